The molecule has 0 spiro atoms. The van der Waals surface area contributed by atoms with Gasteiger partial charge in [-0.15, -0.1) is 11.8 Å². The molecule has 1 heterocycles. The molecule has 1 aliphatic heterocycles. The molecule has 1 unspecified atom stereocenters. The van der Waals surface area contributed by atoms with Crippen LogP contribution in [0.15, 0.2) is 59.5 Å². The number of carbonyl (C=O) groups is 1. The molecule has 1 aliphatic rings. The van der Waals surface area contributed by atoms with Crippen LogP contribution in [0, 0.1) is 0 Å². The van der Waals surface area contributed by atoms with E-state index in [9.17, 15) is 4.79 Å². The average Bonchev–Trinajstić information content (AvgIpc) is 3.15. The molecule has 4 heteroatoms. The van der Waals surface area contributed by atoms with E-state index in [2.05, 4.69) is 29.6 Å². The number of nitrogens with one attached hydrogen (secondary N) is 1. The third kappa shape index (κ3) is 4.15. The van der Waals surface area contributed by atoms with Crippen molar-refractivity contribution in [1.29, 1.82) is 0 Å². The topological polar surface area (TPSA) is 32.3 Å². The van der Waals surface area contributed by atoms with Crippen molar-refractivity contribution in [3.63, 3.8) is 0 Å². The Morgan fingerprint density at radius 1 is 1.17 bits per heavy atom. The van der Waals surface area contributed by atoms with Gasteiger partial charge in [0.25, 0.3) is 5.91 Å². The van der Waals surface area contributed by atoms with Crippen LogP contribution in [-0.4, -0.2) is 37.0 Å². The fourth-order valence-electron chi connectivity index (χ4n) is 2.77. The molecule has 2 aromatic rings. The SMILES string of the molecule is CN(C(=O)c1ccc(SCc2ccccc2)cc1)C1CCNC1. The van der Waals surface area contributed by atoms with Gasteiger partial charge in [0.2, 0.25) is 0 Å². The third-order valence-corrected chi connectivity index (χ3v) is 5.34. The molecular formula is C19H22N2OS. The quantitative estimate of drug-likeness (QED) is 0.855. The van der Waals surface area contributed by atoms with E-state index in [-0.39, 0.29) is 5.91 Å². The Bertz CT molecular complexity index is 636. The Hall–Kier alpha value is -1.78. The zero-order valence-electron chi connectivity index (χ0n) is 13.4. The van der Waals surface area contributed by atoms with Crippen molar-refractivity contribution in [2.45, 2.75) is 23.1 Å². The molecule has 1 amide bonds. The number of likely N-dealkylation sites (N-methyl/N-ethyl adjacent to an activating group) is 1. The molecule has 3 nitrogen and oxygen atoms in total. The smallest absolute Gasteiger partial charge is 0.253 e. The van der Waals surface area contributed by atoms with E-state index in [0.717, 1.165) is 30.8 Å². The number of benzene rings is 2. The first kappa shape index (κ1) is 16.1. The number of rotatable bonds is 5. The maximum Gasteiger partial charge on any atom is 0.253 e. The Morgan fingerprint density at radius 3 is 2.57 bits per heavy atom. The van der Waals surface area contributed by atoms with Crippen LogP contribution in [0.1, 0.15) is 22.3 Å². The summed E-state index contributed by atoms with van der Waals surface area (Å²) in [6, 6.07) is 18.7. The number of nitrogens with zero attached hydrogens (tertiary/aromatic N) is 1. The number of hydrogen-bond donors (Lipinski definition) is 1. The van der Waals surface area contributed by atoms with Gasteiger partial charge >= 0.3 is 0 Å². The van der Waals surface area contributed by atoms with Crippen LogP contribution in [-0.2, 0) is 5.75 Å². The van der Waals surface area contributed by atoms with Gasteiger partial charge in [0.05, 0.1) is 0 Å². The Morgan fingerprint density at radius 2 is 1.91 bits per heavy atom. The predicted molar refractivity (Wildman–Crippen MR) is 95.8 cm³/mol. The summed E-state index contributed by atoms with van der Waals surface area (Å²) in [6.45, 7) is 1.89. The highest BCUT2D eigenvalue weighted by atomic mass is 32.2. The van der Waals surface area contributed by atoms with Crippen molar-refractivity contribution < 1.29 is 4.79 Å². The molecule has 3 rings (SSSR count). The van der Waals surface area contributed by atoms with Crippen molar-refractivity contribution in [3.05, 3.63) is 65.7 Å². The van der Waals surface area contributed by atoms with Crippen LogP contribution in [0.2, 0.25) is 0 Å². The van der Waals surface area contributed by atoms with Gasteiger partial charge in [-0.3, -0.25) is 4.79 Å². The summed E-state index contributed by atoms with van der Waals surface area (Å²) in [4.78, 5) is 15.6. The molecule has 0 aromatic heterocycles. The van der Waals surface area contributed by atoms with Gasteiger partial charge in [-0.1, -0.05) is 30.3 Å². The summed E-state index contributed by atoms with van der Waals surface area (Å²) in [6.07, 6.45) is 1.03. The average molecular weight is 326 g/mol. The van der Waals surface area contributed by atoms with Crippen LogP contribution in [0.3, 0.4) is 0 Å². The number of hydrogen-bond acceptors (Lipinski definition) is 3. The van der Waals surface area contributed by atoms with Crippen molar-refractivity contribution in [2.24, 2.45) is 0 Å². The summed E-state index contributed by atoms with van der Waals surface area (Å²) in [5.74, 6) is 1.06. The monoisotopic (exact) mass is 326 g/mol. The summed E-state index contributed by atoms with van der Waals surface area (Å²) in [5, 5.41) is 3.30. The maximum atomic E-state index is 12.5. The molecule has 1 N–H and O–H groups in total. The van der Waals surface area contributed by atoms with E-state index in [0.29, 0.717) is 6.04 Å². The van der Waals surface area contributed by atoms with Gasteiger partial charge in [0, 0.05) is 35.8 Å². The lowest BCUT2D eigenvalue weighted by Gasteiger charge is -2.23. The number of amides is 1. The van der Waals surface area contributed by atoms with Crippen molar-refractivity contribution in [1.82, 2.24) is 10.2 Å². The largest absolute Gasteiger partial charge is 0.337 e. The Kier molecular flexibility index (Phi) is 5.36. The minimum absolute atomic E-state index is 0.110. The Labute approximate surface area is 142 Å². The second-order valence-corrected chi connectivity index (χ2v) is 6.91. The standard InChI is InChI=1S/C19H22N2OS/c1-21(17-11-12-20-13-17)19(22)16-7-9-18(10-8-16)23-14-15-5-3-2-4-6-15/h2-10,17,20H,11-14H2,1H3. The van der Waals surface area contributed by atoms with Gasteiger partial charge in [-0.25, -0.2) is 0 Å². The summed E-state index contributed by atoms with van der Waals surface area (Å²) >= 11 is 1.79. The van der Waals surface area contributed by atoms with Crippen LogP contribution in [0.25, 0.3) is 0 Å². The molecule has 0 saturated carbocycles. The predicted octanol–water partition coefficient (Wildman–Crippen LogP) is 3.41. The van der Waals surface area contributed by atoms with Gasteiger partial charge in [-0.05, 0) is 42.8 Å². The fourth-order valence-corrected chi connectivity index (χ4v) is 3.63. The van der Waals surface area contributed by atoms with E-state index in [1.165, 1.54) is 10.5 Å². The van der Waals surface area contributed by atoms with E-state index in [4.69, 9.17) is 0 Å². The molecule has 1 saturated heterocycles. The summed E-state index contributed by atoms with van der Waals surface area (Å²) in [7, 11) is 1.90. The first-order valence-electron chi connectivity index (χ1n) is 7.99. The van der Waals surface area contributed by atoms with Gasteiger partial charge in [0.1, 0.15) is 0 Å². The first-order chi connectivity index (χ1) is 11.2. The summed E-state index contributed by atoms with van der Waals surface area (Å²) in [5.41, 5.74) is 2.08. The van der Waals surface area contributed by atoms with Crippen molar-refractivity contribution >= 4 is 17.7 Å². The van der Waals surface area contributed by atoms with E-state index >= 15 is 0 Å². The fraction of sp³-hybridized carbons (Fsp3) is 0.316. The molecule has 0 radical (unpaired) electrons. The van der Waals surface area contributed by atoms with Crippen LogP contribution >= 0.6 is 11.8 Å². The van der Waals surface area contributed by atoms with Gasteiger partial charge in [0.15, 0.2) is 0 Å². The van der Waals surface area contributed by atoms with Crippen LogP contribution < -0.4 is 5.32 Å². The minimum atomic E-state index is 0.110. The second-order valence-electron chi connectivity index (χ2n) is 5.86. The first-order valence-corrected chi connectivity index (χ1v) is 8.97. The van der Waals surface area contributed by atoms with E-state index in [1.54, 1.807) is 11.8 Å². The van der Waals surface area contributed by atoms with Gasteiger partial charge < -0.3 is 10.2 Å². The Balaban J connectivity index is 1.59. The van der Waals surface area contributed by atoms with E-state index < -0.39 is 0 Å². The zero-order valence-corrected chi connectivity index (χ0v) is 14.2. The highest BCUT2D eigenvalue weighted by molar-refractivity contribution is 7.98. The van der Waals surface area contributed by atoms with E-state index in [1.807, 2.05) is 42.3 Å². The molecule has 1 fully saturated rings. The normalized spacial score (nSPS) is 17.2. The molecule has 1 atom stereocenters. The second kappa shape index (κ2) is 7.66. The zero-order chi connectivity index (χ0) is 16.1. The maximum absolute atomic E-state index is 12.5. The summed E-state index contributed by atoms with van der Waals surface area (Å²) < 4.78 is 0. The molecular weight excluding hydrogens is 304 g/mol. The highest BCUT2D eigenvalue weighted by Crippen LogP contribution is 2.23. The number of carbonyl (C=O) groups excluding carboxylic acids is 1. The third-order valence-electron chi connectivity index (χ3n) is 4.25. The number of thioether (sulfide) groups is 1. The van der Waals surface area contributed by atoms with Crippen molar-refractivity contribution in [3.8, 4) is 0 Å². The lowest BCUT2D eigenvalue weighted by atomic mass is 10.1. The minimum Gasteiger partial charge on any atom is -0.337 e. The van der Waals surface area contributed by atoms with Crippen molar-refractivity contribution in [2.75, 3.05) is 20.1 Å². The van der Waals surface area contributed by atoms with Gasteiger partial charge in [-0.2, -0.15) is 0 Å². The molecule has 120 valence electrons. The lowest BCUT2D eigenvalue weighted by molar-refractivity contribution is 0.0743. The van der Waals surface area contributed by atoms with Crippen LogP contribution in [0.4, 0.5) is 0 Å². The molecule has 0 bridgehead atoms. The molecule has 2 aromatic carbocycles. The molecule has 23 heavy (non-hydrogen) atoms. The highest BCUT2D eigenvalue weighted by Gasteiger charge is 2.23. The lowest BCUT2D eigenvalue weighted by Crippen LogP contribution is -2.38. The van der Waals surface area contributed by atoms with Crippen LogP contribution in [0.5, 0.6) is 0 Å². The molecule has 0 aliphatic carbocycles.